The highest BCUT2D eigenvalue weighted by atomic mass is 31.2. The predicted octanol–water partition coefficient (Wildman–Crippen LogP) is 2.73. The van der Waals surface area contributed by atoms with Gasteiger partial charge in [0.05, 0.1) is 18.3 Å². The van der Waals surface area contributed by atoms with E-state index in [4.69, 9.17) is 13.6 Å². The molecule has 1 saturated heterocycles. The maximum Gasteiger partial charge on any atom is 0.475 e. The average molecular weight is 208 g/mol. The van der Waals surface area contributed by atoms with E-state index < -0.39 is 7.82 Å². The molecule has 0 aliphatic carbocycles. The zero-order valence-electron chi connectivity index (χ0n) is 8.52. The van der Waals surface area contributed by atoms with Crippen LogP contribution in [0, 0.1) is 0 Å². The van der Waals surface area contributed by atoms with Crippen molar-refractivity contribution in [1.29, 1.82) is 0 Å². The molecule has 1 aliphatic rings. The summed E-state index contributed by atoms with van der Waals surface area (Å²) in [5.41, 5.74) is 0. The van der Waals surface area contributed by atoms with Gasteiger partial charge in [0, 0.05) is 0 Å². The molecule has 1 aliphatic heterocycles. The van der Waals surface area contributed by atoms with Crippen molar-refractivity contribution in [1.82, 2.24) is 0 Å². The molecule has 78 valence electrons. The minimum absolute atomic E-state index is 0.0941. The van der Waals surface area contributed by atoms with E-state index in [9.17, 15) is 4.57 Å². The second-order valence-corrected chi connectivity index (χ2v) is 4.92. The maximum absolute atomic E-state index is 11.7. The first kappa shape index (κ1) is 11.2. The van der Waals surface area contributed by atoms with Gasteiger partial charge in [0.2, 0.25) is 0 Å². The van der Waals surface area contributed by atoms with Crippen molar-refractivity contribution in [3.05, 3.63) is 0 Å². The number of hydrogen-bond donors (Lipinski definition) is 0. The van der Waals surface area contributed by atoms with E-state index in [1.165, 1.54) is 0 Å². The molecule has 0 saturated carbocycles. The fourth-order valence-corrected chi connectivity index (χ4v) is 2.84. The van der Waals surface area contributed by atoms with E-state index in [1.54, 1.807) is 0 Å². The van der Waals surface area contributed by atoms with Crippen LogP contribution < -0.4 is 0 Å². The van der Waals surface area contributed by atoms with Crippen molar-refractivity contribution in [3.8, 4) is 0 Å². The Labute approximate surface area is 79.2 Å². The van der Waals surface area contributed by atoms with Crippen LogP contribution in [0.5, 0.6) is 0 Å². The van der Waals surface area contributed by atoms with Gasteiger partial charge in [-0.15, -0.1) is 0 Å². The number of phosphoric acid groups is 1. The summed E-state index contributed by atoms with van der Waals surface area (Å²) in [6.07, 6.45) is 0.382. The smallest absolute Gasteiger partial charge is 0.284 e. The van der Waals surface area contributed by atoms with Crippen molar-refractivity contribution in [2.75, 3.05) is 0 Å². The van der Waals surface area contributed by atoms with Crippen molar-refractivity contribution in [2.45, 2.75) is 52.4 Å². The first-order valence-corrected chi connectivity index (χ1v) is 6.08. The van der Waals surface area contributed by atoms with Gasteiger partial charge in [-0.3, -0.25) is 13.6 Å². The van der Waals surface area contributed by atoms with E-state index in [0.717, 1.165) is 6.42 Å². The Kier molecular flexibility index (Phi) is 3.52. The second-order valence-electron chi connectivity index (χ2n) is 3.39. The molecule has 0 radical (unpaired) electrons. The van der Waals surface area contributed by atoms with E-state index in [1.807, 2.05) is 27.7 Å². The third kappa shape index (κ3) is 2.78. The Bertz CT molecular complexity index is 204. The lowest BCUT2D eigenvalue weighted by Gasteiger charge is -2.14. The fraction of sp³-hybridized carbons (Fsp3) is 1.00. The van der Waals surface area contributed by atoms with Crippen LogP contribution in [0.4, 0.5) is 0 Å². The summed E-state index contributed by atoms with van der Waals surface area (Å²) in [5.74, 6) is 0. The molecule has 0 amide bonds. The van der Waals surface area contributed by atoms with E-state index in [-0.39, 0.29) is 18.3 Å². The fourth-order valence-electron chi connectivity index (χ4n) is 0.948. The number of hydrogen-bond acceptors (Lipinski definition) is 4. The molecule has 0 aromatic heterocycles. The van der Waals surface area contributed by atoms with Gasteiger partial charge in [-0.2, -0.15) is 0 Å². The van der Waals surface area contributed by atoms with Crippen molar-refractivity contribution < 1.29 is 18.1 Å². The standard InChI is InChI=1S/C8H17O4P/c1-5-6(2)10-13(9)11-7(3)8(4)12-13/h6-8H,5H2,1-4H3. The average Bonchev–Trinajstić information content (AvgIpc) is 2.25. The van der Waals surface area contributed by atoms with Crippen LogP contribution in [0.2, 0.25) is 0 Å². The largest absolute Gasteiger partial charge is 0.475 e. The monoisotopic (exact) mass is 208 g/mol. The lowest BCUT2D eigenvalue weighted by Crippen LogP contribution is -2.13. The molecule has 5 heteroatoms. The summed E-state index contributed by atoms with van der Waals surface area (Å²) in [6.45, 7) is 7.45. The molecule has 3 atom stereocenters. The molecular formula is C8H17O4P. The molecule has 0 aromatic carbocycles. The minimum atomic E-state index is -3.25. The third-order valence-electron chi connectivity index (χ3n) is 2.14. The Morgan fingerprint density at radius 1 is 1.38 bits per heavy atom. The van der Waals surface area contributed by atoms with Crippen LogP contribution >= 0.6 is 7.82 Å². The number of phosphoric ester groups is 1. The van der Waals surface area contributed by atoms with Gasteiger partial charge in [0.25, 0.3) is 0 Å². The van der Waals surface area contributed by atoms with E-state index in [2.05, 4.69) is 0 Å². The van der Waals surface area contributed by atoms with Crippen molar-refractivity contribution >= 4 is 7.82 Å². The molecule has 0 N–H and O–H groups in total. The van der Waals surface area contributed by atoms with Gasteiger partial charge in [0.1, 0.15) is 0 Å². The van der Waals surface area contributed by atoms with E-state index >= 15 is 0 Å². The summed E-state index contributed by atoms with van der Waals surface area (Å²) in [5, 5.41) is 0. The van der Waals surface area contributed by atoms with Gasteiger partial charge in [0.15, 0.2) is 0 Å². The van der Waals surface area contributed by atoms with Crippen LogP contribution in [-0.4, -0.2) is 18.3 Å². The highest BCUT2D eigenvalue weighted by Crippen LogP contribution is 2.58. The summed E-state index contributed by atoms with van der Waals surface area (Å²) in [6, 6.07) is 0. The Hall–Kier alpha value is 0.110. The molecule has 3 unspecified atom stereocenters. The Morgan fingerprint density at radius 2 is 1.85 bits per heavy atom. The second kappa shape index (κ2) is 4.09. The van der Waals surface area contributed by atoms with Crippen LogP contribution in [0.1, 0.15) is 34.1 Å². The highest BCUT2D eigenvalue weighted by molar-refractivity contribution is 7.48. The quantitative estimate of drug-likeness (QED) is 0.669. The zero-order valence-corrected chi connectivity index (χ0v) is 9.41. The van der Waals surface area contributed by atoms with Crippen LogP contribution in [0.15, 0.2) is 0 Å². The van der Waals surface area contributed by atoms with Crippen LogP contribution in [-0.2, 0) is 18.1 Å². The van der Waals surface area contributed by atoms with Gasteiger partial charge < -0.3 is 0 Å². The zero-order chi connectivity index (χ0) is 10.1. The maximum atomic E-state index is 11.7. The van der Waals surface area contributed by atoms with Crippen LogP contribution in [0.3, 0.4) is 0 Å². The third-order valence-corrected chi connectivity index (χ3v) is 3.94. The van der Waals surface area contributed by atoms with Crippen molar-refractivity contribution in [2.24, 2.45) is 0 Å². The summed E-state index contributed by atoms with van der Waals surface area (Å²) >= 11 is 0. The SMILES string of the molecule is CCC(C)OP1(=O)OC(C)C(C)O1. The van der Waals surface area contributed by atoms with E-state index in [0.29, 0.717) is 0 Å². The first-order chi connectivity index (χ1) is 5.97. The molecule has 0 aromatic rings. The normalized spacial score (nSPS) is 42.2. The first-order valence-electron chi connectivity index (χ1n) is 4.62. The molecule has 4 nitrogen and oxygen atoms in total. The van der Waals surface area contributed by atoms with Gasteiger partial charge in [-0.1, -0.05) is 6.92 Å². The van der Waals surface area contributed by atoms with Gasteiger partial charge in [-0.25, -0.2) is 4.57 Å². The Morgan fingerprint density at radius 3 is 2.23 bits per heavy atom. The molecule has 0 bridgehead atoms. The van der Waals surface area contributed by atoms with Gasteiger partial charge in [-0.05, 0) is 27.2 Å². The molecule has 1 rings (SSSR count). The van der Waals surface area contributed by atoms with Crippen LogP contribution in [0.25, 0.3) is 0 Å². The summed E-state index contributed by atoms with van der Waals surface area (Å²) in [4.78, 5) is 0. The lowest BCUT2D eigenvalue weighted by atomic mass is 10.3. The molecule has 1 fully saturated rings. The molecule has 0 spiro atoms. The lowest BCUT2D eigenvalue weighted by molar-refractivity contribution is 0.130. The highest BCUT2D eigenvalue weighted by Gasteiger charge is 2.42. The summed E-state index contributed by atoms with van der Waals surface area (Å²) in [7, 11) is -3.25. The van der Waals surface area contributed by atoms with Gasteiger partial charge >= 0.3 is 7.82 Å². The van der Waals surface area contributed by atoms with Crippen molar-refractivity contribution in [3.63, 3.8) is 0 Å². The Balaban J connectivity index is 2.54. The minimum Gasteiger partial charge on any atom is -0.284 e. The predicted molar refractivity (Wildman–Crippen MR) is 49.5 cm³/mol. The molecule has 1 heterocycles. The topological polar surface area (TPSA) is 44.8 Å². The summed E-state index contributed by atoms with van der Waals surface area (Å²) < 4.78 is 27.2. The molecule has 13 heavy (non-hydrogen) atoms. The molecular weight excluding hydrogens is 191 g/mol. The number of rotatable bonds is 3.